The molecular formula is C45H27N3O. The summed E-state index contributed by atoms with van der Waals surface area (Å²) < 4.78 is 6.86. The lowest BCUT2D eigenvalue weighted by atomic mass is 9.94. The third kappa shape index (κ3) is 4.49. The molecule has 0 N–H and O–H groups in total. The molecule has 0 amide bonds. The highest BCUT2D eigenvalue weighted by molar-refractivity contribution is 6.30. The summed E-state index contributed by atoms with van der Waals surface area (Å²) in [6.45, 7) is 0. The van der Waals surface area contributed by atoms with Crippen molar-refractivity contribution in [1.29, 1.82) is 0 Å². The van der Waals surface area contributed by atoms with Crippen LogP contribution in [0.4, 0.5) is 0 Å². The first-order chi connectivity index (χ1) is 24.3. The van der Waals surface area contributed by atoms with Gasteiger partial charge >= 0.3 is 0 Å². The van der Waals surface area contributed by atoms with Gasteiger partial charge in [0.25, 0.3) is 0 Å². The van der Waals surface area contributed by atoms with Crippen LogP contribution in [0.1, 0.15) is 0 Å². The summed E-state index contributed by atoms with van der Waals surface area (Å²) in [6, 6.07) is 56.8. The average Bonchev–Trinajstić information content (AvgIpc) is 3.58. The van der Waals surface area contributed by atoms with Crippen LogP contribution in [0, 0.1) is 0 Å². The third-order valence-corrected chi connectivity index (χ3v) is 9.50. The van der Waals surface area contributed by atoms with Crippen LogP contribution in [-0.4, -0.2) is 15.0 Å². The van der Waals surface area contributed by atoms with Gasteiger partial charge in [-0.3, -0.25) is 0 Å². The molecule has 0 radical (unpaired) electrons. The highest BCUT2D eigenvalue weighted by atomic mass is 16.3. The number of hydrogen-bond donors (Lipinski definition) is 0. The normalized spacial score (nSPS) is 11.7. The minimum atomic E-state index is 0.603. The Bertz CT molecular complexity index is 2860. The molecular weight excluding hydrogens is 599 g/mol. The van der Waals surface area contributed by atoms with Crippen LogP contribution < -0.4 is 0 Å². The highest BCUT2D eigenvalue weighted by Gasteiger charge is 2.22. The first kappa shape index (κ1) is 27.5. The van der Waals surface area contributed by atoms with Gasteiger partial charge in [0, 0.05) is 32.8 Å². The molecule has 0 unspecified atom stereocenters. The van der Waals surface area contributed by atoms with Gasteiger partial charge in [0.05, 0.1) is 0 Å². The maximum Gasteiger partial charge on any atom is 0.164 e. The van der Waals surface area contributed by atoms with Gasteiger partial charge in [-0.25, -0.2) is 15.0 Å². The highest BCUT2D eigenvalue weighted by Crippen LogP contribution is 2.45. The summed E-state index contributed by atoms with van der Waals surface area (Å²) in [5.41, 5.74) is 6.75. The Morgan fingerprint density at radius 2 is 0.837 bits per heavy atom. The Balaban J connectivity index is 1.30. The predicted octanol–water partition coefficient (Wildman–Crippen LogP) is 11.9. The summed E-state index contributed by atoms with van der Waals surface area (Å²) in [4.78, 5) is 15.4. The van der Waals surface area contributed by atoms with E-state index in [0.717, 1.165) is 71.1 Å². The van der Waals surface area contributed by atoms with Crippen molar-refractivity contribution in [3.63, 3.8) is 0 Å². The van der Waals surface area contributed by atoms with Crippen LogP contribution in [0.3, 0.4) is 0 Å². The molecule has 0 atom stereocenters. The molecule has 4 nitrogen and oxygen atoms in total. The van der Waals surface area contributed by atoms with E-state index in [2.05, 4.69) is 127 Å². The summed E-state index contributed by atoms with van der Waals surface area (Å²) >= 11 is 0. The Hall–Kier alpha value is -6.65. The number of aromatic nitrogens is 3. The Morgan fingerprint density at radius 1 is 0.347 bits per heavy atom. The van der Waals surface area contributed by atoms with Gasteiger partial charge in [-0.2, -0.15) is 0 Å². The molecule has 0 saturated heterocycles. The second kappa shape index (κ2) is 11.0. The molecule has 0 aliphatic carbocycles. The molecule has 8 aromatic carbocycles. The van der Waals surface area contributed by atoms with Crippen LogP contribution in [0.25, 0.3) is 99.5 Å². The lowest BCUT2D eigenvalue weighted by Gasteiger charge is -2.12. The smallest absolute Gasteiger partial charge is 0.164 e. The van der Waals surface area contributed by atoms with E-state index >= 15 is 0 Å². The lowest BCUT2D eigenvalue weighted by molar-refractivity contribution is 0.673. The van der Waals surface area contributed by atoms with Crippen molar-refractivity contribution in [1.82, 2.24) is 15.0 Å². The van der Waals surface area contributed by atoms with Gasteiger partial charge < -0.3 is 4.42 Å². The lowest BCUT2D eigenvalue weighted by Crippen LogP contribution is -2.00. The number of furan rings is 1. The van der Waals surface area contributed by atoms with E-state index in [0.29, 0.717) is 17.5 Å². The molecule has 228 valence electrons. The molecule has 0 saturated carbocycles. The minimum absolute atomic E-state index is 0.603. The average molecular weight is 626 g/mol. The van der Waals surface area contributed by atoms with Crippen LogP contribution in [0.15, 0.2) is 168 Å². The fraction of sp³-hybridized carbons (Fsp3) is 0. The topological polar surface area (TPSA) is 51.8 Å². The second-order valence-electron chi connectivity index (χ2n) is 12.4. The zero-order chi connectivity index (χ0) is 32.3. The van der Waals surface area contributed by atoms with E-state index < -0.39 is 0 Å². The molecule has 49 heavy (non-hydrogen) atoms. The van der Waals surface area contributed by atoms with E-state index in [4.69, 9.17) is 19.4 Å². The predicted molar refractivity (Wildman–Crippen MR) is 201 cm³/mol. The van der Waals surface area contributed by atoms with Crippen molar-refractivity contribution in [2.45, 2.75) is 0 Å². The van der Waals surface area contributed by atoms with Crippen LogP contribution in [0.2, 0.25) is 0 Å². The number of nitrogens with zero attached hydrogens (tertiary/aromatic N) is 3. The number of rotatable bonds is 4. The molecule has 0 spiro atoms. The summed E-state index contributed by atoms with van der Waals surface area (Å²) in [5.74, 6) is 1.84. The van der Waals surface area contributed by atoms with E-state index in [1.165, 1.54) is 10.9 Å². The van der Waals surface area contributed by atoms with Gasteiger partial charge in [0.1, 0.15) is 11.2 Å². The molecule has 0 fully saturated rings. The van der Waals surface area contributed by atoms with Gasteiger partial charge in [0.2, 0.25) is 0 Å². The maximum atomic E-state index is 6.86. The molecule has 0 aliphatic heterocycles. The van der Waals surface area contributed by atoms with E-state index in [-0.39, 0.29) is 0 Å². The molecule has 10 aromatic rings. The van der Waals surface area contributed by atoms with Crippen molar-refractivity contribution in [3.8, 4) is 45.3 Å². The van der Waals surface area contributed by atoms with Gasteiger partial charge in [-0.05, 0) is 50.2 Å². The first-order valence-corrected chi connectivity index (χ1v) is 16.4. The molecule has 0 bridgehead atoms. The van der Waals surface area contributed by atoms with Crippen molar-refractivity contribution in [2.24, 2.45) is 0 Å². The van der Waals surface area contributed by atoms with E-state index in [1.54, 1.807) is 0 Å². The standard InChI is InChI=1S/C45H27N3O/c1-3-11-28(12-4-1)29-19-22-33(23-20-29)44-46-43(32-15-5-2-6-16-32)47-45(48-44)37-27-34-24-21-30-13-7-9-17-35(30)39(34)42-41(37)40-36-18-10-8-14-31(36)25-26-38(40)49-42/h1-27H. The third-order valence-electron chi connectivity index (χ3n) is 9.50. The van der Waals surface area contributed by atoms with E-state index in [1.807, 2.05) is 36.4 Å². The minimum Gasteiger partial charge on any atom is -0.455 e. The number of hydrogen-bond acceptors (Lipinski definition) is 4. The van der Waals surface area contributed by atoms with Crippen LogP contribution in [-0.2, 0) is 0 Å². The van der Waals surface area contributed by atoms with Gasteiger partial charge in [-0.1, -0.05) is 152 Å². The molecule has 10 rings (SSSR count). The molecule has 2 heterocycles. The van der Waals surface area contributed by atoms with Crippen LogP contribution >= 0.6 is 0 Å². The Labute approximate surface area is 282 Å². The zero-order valence-electron chi connectivity index (χ0n) is 26.3. The zero-order valence-corrected chi connectivity index (χ0v) is 26.3. The Morgan fingerprint density at radius 3 is 1.53 bits per heavy atom. The van der Waals surface area contributed by atoms with Gasteiger partial charge in [-0.15, -0.1) is 0 Å². The van der Waals surface area contributed by atoms with Crippen molar-refractivity contribution in [2.75, 3.05) is 0 Å². The SMILES string of the molecule is c1ccc(-c2ccc(-c3nc(-c4ccccc4)nc(-c4cc5ccc6ccccc6c5c5oc6ccc7ccccc7c6c45)n3)cc2)cc1. The second-order valence-corrected chi connectivity index (χ2v) is 12.4. The number of fused-ring (bicyclic) bond motifs is 9. The summed E-state index contributed by atoms with van der Waals surface area (Å²) in [7, 11) is 0. The maximum absolute atomic E-state index is 6.86. The van der Waals surface area contributed by atoms with Gasteiger partial charge in [0.15, 0.2) is 17.5 Å². The van der Waals surface area contributed by atoms with E-state index in [9.17, 15) is 0 Å². The number of benzene rings is 8. The summed E-state index contributed by atoms with van der Waals surface area (Å²) in [5, 5.41) is 8.84. The molecule has 2 aromatic heterocycles. The van der Waals surface area contributed by atoms with Crippen molar-refractivity contribution >= 4 is 54.3 Å². The fourth-order valence-electron chi connectivity index (χ4n) is 7.15. The van der Waals surface area contributed by atoms with Crippen LogP contribution in [0.5, 0.6) is 0 Å². The molecule has 0 aliphatic rings. The van der Waals surface area contributed by atoms with Crippen molar-refractivity contribution in [3.05, 3.63) is 164 Å². The largest absolute Gasteiger partial charge is 0.455 e. The summed E-state index contributed by atoms with van der Waals surface area (Å²) in [6.07, 6.45) is 0. The monoisotopic (exact) mass is 625 g/mol. The molecule has 4 heteroatoms. The quantitative estimate of drug-likeness (QED) is 0.183. The fourth-order valence-corrected chi connectivity index (χ4v) is 7.15. The first-order valence-electron chi connectivity index (χ1n) is 16.4. The Kier molecular flexibility index (Phi) is 6.15. The van der Waals surface area contributed by atoms with Crippen molar-refractivity contribution < 1.29 is 4.42 Å².